The van der Waals surface area contributed by atoms with Crippen LogP contribution in [0.5, 0.6) is 0 Å². The molecule has 112 valence electrons. The average molecular weight is 292 g/mol. The molecule has 2 N–H and O–H groups in total. The number of nitrogens with one attached hydrogen (secondary N) is 2. The maximum Gasteiger partial charge on any atom is 0.242 e. The van der Waals surface area contributed by atoms with E-state index in [0.29, 0.717) is 0 Å². The second-order valence-corrected chi connectivity index (χ2v) is 5.23. The molecule has 0 aliphatic carbocycles. The zero-order valence-electron chi connectivity index (χ0n) is 12.8. The van der Waals surface area contributed by atoms with E-state index in [1.807, 2.05) is 68.4 Å². The monoisotopic (exact) mass is 292 g/mol. The number of terminal acetylenes is 1. The highest BCUT2D eigenvalue weighted by Crippen LogP contribution is 2.13. The molecule has 0 aliphatic rings. The molecule has 2 aromatic carbocycles. The lowest BCUT2D eigenvalue weighted by Gasteiger charge is -2.19. The summed E-state index contributed by atoms with van der Waals surface area (Å²) in [6, 6.07) is 17.0. The molecule has 0 heterocycles. The van der Waals surface area contributed by atoms with Gasteiger partial charge in [-0.15, -0.1) is 6.42 Å². The lowest BCUT2D eigenvalue weighted by Crippen LogP contribution is -2.38. The molecule has 2 aromatic rings. The first-order valence-corrected chi connectivity index (χ1v) is 7.28. The Labute approximate surface area is 131 Å². The summed E-state index contributed by atoms with van der Waals surface area (Å²) in [5.74, 6) is 2.53. The van der Waals surface area contributed by atoms with Crippen LogP contribution in [0, 0.1) is 12.3 Å². The third-order valence-corrected chi connectivity index (χ3v) is 3.46. The summed E-state index contributed by atoms with van der Waals surface area (Å²) in [5, 5.41) is 6.17. The van der Waals surface area contributed by atoms with Crippen molar-refractivity contribution in [2.45, 2.75) is 25.9 Å². The first kappa shape index (κ1) is 15.7. The third kappa shape index (κ3) is 4.13. The third-order valence-electron chi connectivity index (χ3n) is 3.46. The van der Waals surface area contributed by atoms with E-state index in [4.69, 9.17) is 6.42 Å². The van der Waals surface area contributed by atoms with Gasteiger partial charge in [0.2, 0.25) is 5.91 Å². The molecular formula is C19H20N2O. The first-order valence-electron chi connectivity index (χ1n) is 7.28. The second kappa shape index (κ2) is 7.33. The largest absolute Gasteiger partial charge is 0.374 e. The fourth-order valence-corrected chi connectivity index (χ4v) is 2.18. The minimum Gasteiger partial charge on any atom is -0.374 e. The predicted octanol–water partition coefficient (Wildman–Crippen LogP) is 3.35. The van der Waals surface area contributed by atoms with Crippen molar-refractivity contribution < 1.29 is 4.79 Å². The highest BCUT2D eigenvalue weighted by Gasteiger charge is 2.15. The Balaban J connectivity index is 1.96. The molecule has 0 unspecified atom stereocenters. The topological polar surface area (TPSA) is 41.1 Å². The maximum atomic E-state index is 12.3. The number of hydrogen-bond donors (Lipinski definition) is 2. The number of hydrogen-bond acceptors (Lipinski definition) is 2. The van der Waals surface area contributed by atoms with Gasteiger partial charge in [-0.1, -0.05) is 42.3 Å². The van der Waals surface area contributed by atoms with Gasteiger partial charge in [0.1, 0.15) is 6.04 Å². The SMILES string of the molecule is C#Cc1cccc(N[C@H](C)C(=O)N[C@H](C)c2ccccc2)c1. The standard InChI is InChI=1S/C19H20N2O/c1-4-16-9-8-12-18(13-16)20-15(3)19(22)21-14(2)17-10-6-5-7-11-17/h1,5-15,20H,2-3H3,(H,21,22)/t14-,15-/m1/s1. The van der Waals surface area contributed by atoms with Crippen LogP contribution in [0.25, 0.3) is 0 Å². The lowest BCUT2D eigenvalue weighted by atomic mass is 10.1. The van der Waals surface area contributed by atoms with E-state index in [9.17, 15) is 4.79 Å². The van der Waals surface area contributed by atoms with Crippen molar-refractivity contribution in [3.63, 3.8) is 0 Å². The molecular weight excluding hydrogens is 272 g/mol. The van der Waals surface area contributed by atoms with Gasteiger partial charge in [0, 0.05) is 11.3 Å². The maximum absolute atomic E-state index is 12.3. The Morgan fingerprint density at radius 3 is 2.50 bits per heavy atom. The van der Waals surface area contributed by atoms with Crippen LogP contribution in [0.15, 0.2) is 54.6 Å². The minimum absolute atomic E-state index is 0.0324. The first-order chi connectivity index (χ1) is 10.6. The molecule has 0 bridgehead atoms. The molecule has 0 radical (unpaired) electrons. The summed E-state index contributed by atoms with van der Waals surface area (Å²) in [5.41, 5.74) is 2.71. The van der Waals surface area contributed by atoms with Gasteiger partial charge >= 0.3 is 0 Å². The van der Waals surface area contributed by atoms with E-state index in [1.54, 1.807) is 0 Å². The summed E-state index contributed by atoms with van der Waals surface area (Å²) >= 11 is 0. The van der Waals surface area contributed by atoms with Crippen LogP contribution in [-0.2, 0) is 4.79 Å². The van der Waals surface area contributed by atoms with Crippen LogP contribution >= 0.6 is 0 Å². The van der Waals surface area contributed by atoms with Crippen LogP contribution in [0.1, 0.15) is 31.0 Å². The van der Waals surface area contributed by atoms with Gasteiger partial charge in [-0.25, -0.2) is 0 Å². The van der Waals surface area contributed by atoms with Gasteiger partial charge in [0.05, 0.1) is 6.04 Å². The molecule has 0 saturated heterocycles. The van der Waals surface area contributed by atoms with Crippen molar-refractivity contribution in [3.05, 3.63) is 65.7 Å². The van der Waals surface area contributed by atoms with Crippen LogP contribution in [0.3, 0.4) is 0 Å². The highest BCUT2D eigenvalue weighted by molar-refractivity contribution is 5.84. The molecule has 22 heavy (non-hydrogen) atoms. The normalized spacial score (nSPS) is 12.8. The smallest absolute Gasteiger partial charge is 0.242 e. The van der Waals surface area contributed by atoms with Gasteiger partial charge in [-0.05, 0) is 37.6 Å². The van der Waals surface area contributed by atoms with Crippen molar-refractivity contribution in [1.29, 1.82) is 0 Å². The van der Waals surface area contributed by atoms with Gasteiger partial charge in [-0.2, -0.15) is 0 Å². The lowest BCUT2D eigenvalue weighted by molar-refractivity contribution is -0.122. The Morgan fingerprint density at radius 2 is 1.82 bits per heavy atom. The molecule has 0 aromatic heterocycles. The number of anilines is 1. The van der Waals surface area contributed by atoms with Crippen LogP contribution in [0.2, 0.25) is 0 Å². The summed E-state index contributed by atoms with van der Waals surface area (Å²) < 4.78 is 0. The molecule has 0 fully saturated rings. The molecule has 3 heteroatoms. The molecule has 2 atom stereocenters. The predicted molar refractivity (Wildman–Crippen MR) is 90.5 cm³/mol. The molecule has 0 aliphatic heterocycles. The number of carbonyl (C=O) groups is 1. The molecule has 0 saturated carbocycles. The second-order valence-electron chi connectivity index (χ2n) is 5.23. The van der Waals surface area contributed by atoms with Crippen molar-refractivity contribution in [2.75, 3.05) is 5.32 Å². The zero-order valence-corrected chi connectivity index (χ0v) is 12.8. The Kier molecular flexibility index (Phi) is 5.21. The van der Waals surface area contributed by atoms with Crippen LogP contribution in [0.4, 0.5) is 5.69 Å². The molecule has 3 nitrogen and oxygen atoms in total. The summed E-state index contributed by atoms with van der Waals surface area (Å²) in [6.45, 7) is 3.80. The van der Waals surface area contributed by atoms with Gasteiger partial charge < -0.3 is 10.6 Å². The van der Waals surface area contributed by atoms with E-state index >= 15 is 0 Å². The molecule has 2 rings (SSSR count). The Morgan fingerprint density at radius 1 is 1.09 bits per heavy atom. The van der Waals surface area contributed by atoms with Crippen molar-refractivity contribution >= 4 is 11.6 Å². The summed E-state index contributed by atoms with van der Waals surface area (Å²) in [6.07, 6.45) is 5.38. The van der Waals surface area contributed by atoms with Crippen molar-refractivity contribution in [3.8, 4) is 12.3 Å². The minimum atomic E-state index is -0.348. The number of rotatable bonds is 5. The van der Waals surface area contributed by atoms with Gasteiger partial charge in [0.25, 0.3) is 0 Å². The average Bonchev–Trinajstić information content (AvgIpc) is 2.55. The molecule has 0 spiro atoms. The van der Waals surface area contributed by atoms with Crippen LogP contribution in [-0.4, -0.2) is 11.9 Å². The molecule has 1 amide bonds. The summed E-state index contributed by atoms with van der Waals surface area (Å²) in [7, 11) is 0. The number of benzene rings is 2. The number of amides is 1. The summed E-state index contributed by atoms with van der Waals surface area (Å²) in [4.78, 5) is 12.3. The van der Waals surface area contributed by atoms with E-state index < -0.39 is 0 Å². The van der Waals surface area contributed by atoms with E-state index in [-0.39, 0.29) is 18.0 Å². The van der Waals surface area contributed by atoms with E-state index in [0.717, 1.165) is 16.8 Å². The van der Waals surface area contributed by atoms with Gasteiger partial charge in [0.15, 0.2) is 0 Å². The fraction of sp³-hybridized carbons (Fsp3) is 0.211. The van der Waals surface area contributed by atoms with Crippen LogP contribution < -0.4 is 10.6 Å². The van der Waals surface area contributed by atoms with Gasteiger partial charge in [-0.3, -0.25) is 4.79 Å². The number of carbonyl (C=O) groups excluding carboxylic acids is 1. The Bertz CT molecular complexity index is 673. The van der Waals surface area contributed by atoms with Crippen molar-refractivity contribution in [1.82, 2.24) is 5.32 Å². The fourth-order valence-electron chi connectivity index (χ4n) is 2.18. The highest BCUT2D eigenvalue weighted by atomic mass is 16.2. The van der Waals surface area contributed by atoms with Crippen molar-refractivity contribution in [2.24, 2.45) is 0 Å². The van der Waals surface area contributed by atoms with E-state index in [1.165, 1.54) is 0 Å². The quantitative estimate of drug-likeness (QED) is 0.830. The Hall–Kier alpha value is -2.73. The van der Waals surface area contributed by atoms with E-state index in [2.05, 4.69) is 16.6 Å². The zero-order chi connectivity index (χ0) is 15.9.